The van der Waals surface area contributed by atoms with Crippen molar-refractivity contribution in [1.82, 2.24) is 16.0 Å². The Bertz CT molecular complexity index is 971. The van der Waals surface area contributed by atoms with E-state index < -0.39 is 72.1 Å². The molecule has 0 radical (unpaired) electrons. The molecule has 0 saturated carbocycles. The largest absolute Gasteiger partial charge is 0.481 e. The maximum atomic E-state index is 13.3. The lowest BCUT2D eigenvalue weighted by Gasteiger charge is -2.28. The quantitative estimate of drug-likeness (QED) is 0.139. The highest BCUT2D eigenvalue weighted by molar-refractivity contribution is 5.95. The Kier molecular flexibility index (Phi) is 12.7. The highest BCUT2D eigenvalue weighted by Gasteiger charge is 2.33. The Balaban J connectivity index is 3.12. The summed E-state index contributed by atoms with van der Waals surface area (Å²) in [6.07, 6.45) is -0.684. The first-order valence-electron chi connectivity index (χ1n) is 11.8. The van der Waals surface area contributed by atoms with Gasteiger partial charge in [-0.25, -0.2) is 4.79 Å². The van der Waals surface area contributed by atoms with Crippen molar-refractivity contribution >= 4 is 35.6 Å². The number of primary amides is 1. The minimum absolute atomic E-state index is 0.0173. The first kappa shape index (κ1) is 31.0. The van der Waals surface area contributed by atoms with Crippen LogP contribution in [-0.2, 0) is 35.2 Å². The zero-order valence-corrected chi connectivity index (χ0v) is 20.8. The first-order chi connectivity index (χ1) is 17.3. The molecule has 13 heteroatoms. The standard InChI is InChI=1S/C24H35N5O8/c1-3-13(2)20(23(35)27-16(24(36)37)9-10-18(26)30)29-22(34)17(11-14-7-5-4-6-8-14)28-21(33)15(25)12-19(31)32/h4-8,13,15-17,20H,3,9-12,25H2,1-2H3,(H2,26,30)(H,27,35)(H,28,33)(H,29,34)(H,31,32)(H,36,37). The van der Waals surface area contributed by atoms with Crippen LogP contribution in [0.3, 0.4) is 0 Å². The van der Waals surface area contributed by atoms with E-state index in [2.05, 4.69) is 16.0 Å². The maximum Gasteiger partial charge on any atom is 0.326 e. The molecule has 0 fully saturated rings. The molecule has 1 aromatic carbocycles. The molecule has 1 rings (SSSR count). The zero-order valence-electron chi connectivity index (χ0n) is 20.8. The molecule has 13 nitrogen and oxygen atoms in total. The molecule has 1 aromatic rings. The molecule has 0 aliphatic carbocycles. The van der Waals surface area contributed by atoms with E-state index in [1.54, 1.807) is 44.2 Å². The van der Waals surface area contributed by atoms with E-state index in [1.807, 2.05) is 0 Å². The van der Waals surface area contributed by atoms with Crippen molar-refractivity contribution in [2.75, 3.05) is 0 Å². The predicted octanol–water partition coefficient (Wildman–Crippen LogP) is -1.12. The molecule has 0 bridgehead atoms. The van der Waals surface area contributed by atoms with Gasteiger partial charge in [0.1, 0.15) is 18.1 Å². The average Bonchev–Trinajstić information content (AvgIpc) is 2.83. The van der Waals surface area contributed by atoms with Crippen LogP contribution in [0.15, 0.2) is 30.3 Å². The number of carbonyl (C=O) groups is 6. The topological polar surface area (TPSA) is 231 Å². The van der Waals surface area contributed by atoms with Crippen molar-refractivity contribution in [1.29, 1.82) is 0 Å². The van der Waals surface area contributed by atoms with Crippen LogP contribution in [0.5, 0.6) is 0 Å². The SMILES string of the molecule is CCC(C)C(NC(=O)C(Cc1ccccc1)NC(=O)C(N)CC(=O)O)C(=O)NC(CCC(N)=O)C(=O)O. The van der Waals surface area contributed by atoms with Crippen molar-refractivity contribution in [2.45, 2.75) is 70.1 Å². The van der Waals surface area contributed by atoms with Gasteiger partial charge in [-0.05, 0) is 17.9 Å². The summed E-state index contributed by atoms with van der Waals surface area (Å²) in [5.41, 5.74) is 11.4. The van der Waals surface area contributed by atoms with Crippen LogP contribution < -0.4 is 27.4 Å². The molecule has 9 N–H and O–H groups in total. The second kappa shape index (κ2) is 15.2. The molecular formula is C24H35N5O8. The zero-order chi connectivity index (χ0) is 28.1. The van der Waals surface area contributed by atoms with Crippen molar-refractivity contribution < 1.29 is 39.0 Å². The van der Waals surface area contributed by atoms with Crippen molar-refractivity contribution in [3.05, 3.63) is 35.9 Å². The maximum absolute atomic E-state index is 13.3. The van der Waals surface area contributed by atoms with Gasteiger partial charge in [0.2, 0.25) is 23.6 Å². The fourth-order valence-corrected chi connectivity index (χ4v) is 3.38. The van der Waals surface area contributed by atoms with E-state index in [0.717, 1.165) is 0 Å². The van der Waals surface area contributed by atoms with Crippen molar-refractivity contribution in [3.63, 3.8) is 0 Å². The Morgan fingerprint density at radius 1 is 0.892 bits per heavy atom. The molecule has 5 atom stereocenters. The normalized spacial score (nSPS) is 14.8. The van der Waals surface area contributed by atoms with E-state index >= 15 is 0 Å². The van der Waals surface area contributed by atoms with E-state index in [0.29, 0.717) is 12.0 Å². The molecule has 37 heavy (non-hydrogen) atoms. The van der Waals surface area contributed by atoms with Gasteiger partial charge in [0.25, 0.3) is 0 Å². The number of carboxylic acid groups (broad SMARTS) is 2. The molecule has 0 saturated heterocycles. The molecule has 0 aliphatic heterocycles. The summed E-state index contributed by atoms with van der Waals surface area (Å²) < 4.78 is 0. The number of nitrogens with two attached hydrogens (primary N) is 2. The van der Waals surface area contributed by atoms with Gasteiger partial charge in [-0.3, -0.25) is 24.0 Å². The highest BCUT2D eigenvalue weighted by Crippen LogP contribution is 2.11. The lowest BCUT2D eigenvalue weighted by molar-refractivity contribution is -0.143. The van der Waals surface area contributed by atoms with Crippen LogP contribution in [0.4, 0.5) is 0 Å². The van der Waals surface area contributed by atoms with Gasteiger partial charge in [0.05, 0.1) is 12.5 Å². The second-order valence-electron chi connectivity index (χ2n) is 8.73. The summed E-state index contributed by atoms with van der Waals surface area (Å²) >= 11 is 0. The fraction of sp³-hybridized carbons (Fsp3) is 0.500. The van der Waals surface area contributed by atoms with Gasteiger partial charge in [-0.15, -0.1) is 0 Å². The van der Waals surface area contributed by atoms with Gasteiger partial charge in [-0.2, -0.15) is 0 Å². The molecule has 0 spiro atoms. The number of carboxylic acids is 2. The third-order valence-corrected chi connectivity index (χ3v) is 5.73. The number of carbonyl (C=O) groups excluding carboxylic acids is 4. The van der Waals surface area contributed by atoms with Crippen LogP contribution >= 0.6 is 0 Å². The molecule has 5 unspecified atom stereocenters. The predicted molar refractivity (Wildman–Crippen MR) is 132 cm³/mol. The van der Waals surface area contributed by atoms with Crippen LogP contribution in [0.2, 0.25) is 0 Å². The lowest BCUT2D eigenvalue weighted by Crippen LogP contribution is -2.59. The average molecular weight is 522 g/mol. The molecule has 204 valence electrons. The van der Waals surface area contributed by atoms with Gasteiger partial charge in [0, 0.05) is 12.8 Å². The summed E-state index contributed by atoms with van der Waals surface area (Å²) in [6, 6.07) is 3.48. The van der Waals surface area contributed by atoms with Crippen molar-refractivity contribution in [3.8, 4) is 0 Å². The Morgan fingerprint density at radius 3 is 2.00 bits per heavy atom. The number of hydrogen-bond acceptors (Lipinski definition) is 7. The Hall–Kier alpha value is -4.00. The number of benzene rings is 1. The van der Waals surface area contributed by atoms with Crippen LogP contribution in [0.1, 0.15) is 45.1 Å². The number of hydrogen-bond donors (Lipinski definition) is 7. The van der Waals surface area contributed by atoms with E-state index in [9.17, 15) is 33.9 Å². The van der Waals surface area contributed by atoms with E-state index in [-0.39, 0.29) is 19.3 Å². The smallest absolute Gasteiger partial charge is 0.326 e. The summed E-state index contributed by atoms with van der Waals surface area (Å²) in [4.78, 5) is 72.3. The minimum atomic E-state index is -1.41. The molecule has 0 aromatic heterocycles. The molecular weight excluding hydrogens is 486 g/mol. The summed E-state index contributed by atoms with van der Waals surface area (Å²) in [5, 5.41) is 25.7. The lowest BCUT2D eigenvalue weighted by atomic mass is 9.96. The Morgan fingerprint density at radius 2 is 1.49 bits per heavy atom. The third-order valence-electron chi connectivity index (χ3n) is 5.73. The number of aliphatic carboxylic acids is 2. The van der Waals surface area contributed by atoms with Crippen LogP contribution in [0.25, 0.3) is 0 Å². The third kappa shape index (κ3) is 11.1. The molecule has 0 heterocycles. The van der Waals surface area contributed by atoms with Crippen molar-refractivity contribution in [2.24, 2.45) is 17.4 Å². The summed E-state index contributed by atoms with van der Waals surface area (Å²) in [6.45, 7) is 3.45. The second-order valence-corrected chi connectivity index (χ2v) is 8.73. The Labute approximate surface area is 214 Å². The van der Waals surface area contributed by atoms with Crippen LogP contribution in [0, 0.1) is 5.92 Å². The van der Waals surface area contributed by atoms with Gasteiger partial charge in [0.15, 0.2) is 0 Å². The number of nitrogens with one attached hydrogen (secondary N) is 3. The van der Waals surface area contributed by atoms with Gasteiger partial charge >= 0.3 is 11.9 Å². The number of rotatable bonds is 16. The monoisotopic (exact) mass is 521 g/mol. The van der Waals surface area contributed by atoms with Gasteiger partial charge < -0.3 is 37.6 Å². The van der Waals surface area contributed by atoms with Crippen LogP contribution in [-0.4, -0.2) is 69.9 Å². The van der Waals surface area contributed by atoms with E-state index in [4.69, 9.17) is 16.6 Å². The van der Waals surface area contributed by atoms with E-state index in [1.165, 1.54) is 0 Å². The first-order valence-corrected chi connectivity index (χ1v) is 11.8. The van der Waals surface area contributed by atoms with Gasteiger partial charge in [-0.1, -0.05) is 50.6 Å². The summed E-state index contributed by atoms with van der Waals surface area (Å²) in [5.74, 6) is -6.21. The number of amides is 4. The highest BCUT2D eigenvalue weighted by atomic mass is 16.4. The summed E-state index contributed by atoms with van der Waals surface area (Å²) in [7, 11) is 0. The minimum Gasteiger partial charge on any atom is -0.481 e. The molecule has 4 amide bonds. The molecule has 0 aliphatic rings. The fourth-order valence-electron chi connectivity index (χ4n) is 3.38.